The van der Waals surface area contributed by atoms with Gasteiger partial charge in [-0.25, -0.2) is 4.79 Å². The average molecular weight is 254 g/mol. The van der Waals surface area contributed by atoms with Gasteiger partial charge in [0.25, 0.3) is 0 Å². The van der Waals surface area contributed by atoms with E-state index in [-0.39, 0.29) is 5.97 Å². The molecule has 3 nitrogen and oxygen atoms in total. The van der Waals surface area contributed by atoms with Gasteiger partial charge in [-0.3, -0.25) is 0 Å². The van der Waals surface area contributed by atoms with Crippen molar-refractivity contribution in [3.8, 4) is 0 Å². The van der Waals surface area contributed by atoms with Gasteiger partial charge in [0.2, 0.25) is 0 Å². The normalized spacial score (nSPS) is 29.1. The van der Waals surface area contributed by atoms with Gasteiger partial charge in [-0.15, -0.1) is 0 Å². The molecule has 0 radical (unpaired) electrons. The Labute approximate surface area is 111 Å². The molecule has 0 amide bonds. The van der Waals surface area contributed by atoms with Gasteiger partial charge >= 0.3 is 5.97 Å². The standard InChI is InChI=1S/C15H26O3/c1-5-13(15(16)17-4)6-7-18-14-9-11(2)8-12(3)10-14/h6,11-12,14H,5,7-10H2,1-4H3. The third kappa shape index (κ3) is 4.81. The van der Waals surface area contributed by atoms with Crippen molar-refractivity contribution >= 4 is 5.97 Å². The minimum Gasteiger partial charge on any atom is -0.466 e. The van der Waals surface area contributed by atoms with Gasteiger partial charge in [0, 0.05) is 5.57 Å². The van der Waals surface area contributed by atoms with E-state index < -0.39 is 0 Å². The molecule has 2 unspecified atom stereocenters. The molecule has 1 saturated carbocycles. The zero-order chi connectivity index (χ0) is 13.5. The Hall–Kier alpha value is -0.830. The van der Waals surface area contributed by atoms with E-state index >= 15 is 0 Å². The first-order chi connectivity index (χ1) is 8.56. The van der Waals surface area contributed by atoms with Crippen molar-refractivity contribution in [2.75, 3.05) is 13.7 Å². The summed E-state index contributed by atoms with van der Waals surface area (Å²) in [5.41, 5.74) is 0.703. The van der Waals surface area contributed by atoms with Crippen LogP contribution in [0.2, 0.25) is 0 Å². The molecule has 0 saturated heterocycles. The van der Waals surface area contributed by atoms with Gasteiger partial charge in [-0.2, -0.15) is 0 Å². The molecule has 0 aromatic rings. The predicted molar refractivity (Wildman–Crippen MR) is 72.3 cm³/mol. The molecule has 0 bridgehead atoms. The largest absolute Gasteiger partial charge is 0.466 e. The Bertz CT molecular complexity index is 286. The second-order valence-electron chi connectivity index (χ2n) is 5.45. The van der Waals surface area contributed by atoms with E-state index in [2.05, 4.69) is 13.8 Å². The van der Waals surface area contributed by atoms with Crippen molar-refractivity contribution in [2.45, 2.75) is 52.6 Å². The van der Waals surface area contributed by atoms with E-state index in [0.717, 1.165) is 24.7 Å². The molecule has 1 aliphatic rings. The van der Waals surface area contributed by atoms with Crippen LogP contribution in [0.1, 0.15) is 46.5 Å². The molecule has 18 heavy (non-hydrogen) atoms. The van der Waals surface area contributed by atoms with Crippen molar-refractivity contribution in [3.63, 3.8) is 0 Å². The van der Waals surface area contributed by atoms with E-state index in [4.69, 9.17) is 9.47 Å². The summed E-state index contributed by atoms with van der Waals surface area (Å²) in [6, 6.07) is 0. The SMILES string of the molecule is CCC(=CCOC1CC(C)CC(C)C1)C(=O)OC. The zero-order valence-corrected chi connectivity index (χ0v) is 12.1. The topological polar surface area (TPSA) is 35.5 Å². The molecule has 2 atom stereocenters. The summed E-state index contributed by atoms with van der Waals surface area (Å²) >= 11 is 0. The molecule has 1 fully saturated rings. The third-order valence-corrected chi connectivity index (χ3v) is 3.63. The smallest absolute Gasteiger partial charge is 0.333 e. The molecule has 1 rings (SSSR count). The number of hydrogen-bond donors (Lipinski definition) is 0. The van der Waals surface area contributed by atoms with Crippen LogP contribution in [-0.2, 0) is 14.3 Å². The van der Waals surface area contributed by atoms with Gasteiger partial charge in [0.15, 0.2) is 0 Å². The van der Waals surface area contributed by atoms with Gasteiger partial charge in [0.05, 0.1) is 19.8 Å². The molecule has 0 aliphatic heterocycles. The van der Waals surface area contributed by atoms with E-state index in [1.807, 2.05) is 13.0 Å². The Morgan fingerprint density at radius 3 is 2.33 bits per heavy atom. The van der Waals surface area contributed by atoms with Crippen molar-refractivity contribution in [1.29, 1.82) is 0 Å². The summed E-state index contributed by atoms with van der Waals surface area (Å²) in [5.74, 6) is 1.24. The third-order valence-electron chi connectivity index (χ3n) is 3.63. The number of rotatable bonds is 5. The van der Waals surface area contributed by atoms with E-state index in [1.165, 1.54) is 13.5 Å². The lowest BCUT2D eigenvalue weighted by Crippen LogP contribution is -2.26. The molecule has 0 N–H and O–H groups in total. The lowest BCUT2D eigenvalue weighted by atomic mass is 9.82. The van der Waals surface area contributed by atoms with Crippen LogP contribution < -0.4 is 0 Å². The molecule has 3 heteroatoms. The van der Waals surface area contributed by atoms with E-state index in [9.17, 15) is 4.79 Å². The van der Waals surface area contributed by atoms with Crippen LogP contribution in [0, 0.1) is 11.8 Å². The van der Waals surface area contributed by atoms with E-state index in [1.54, 1.807) is 0 Å². The first kappa shape index (κ1) is 15.2. The monoisotopic (exact) mass is 254 g/mol. The summed E-state index contributed by atoms with van der Waals surface area (Å²) in [6.07, 6.45) is 6.47. The molecule has 0 heterocycles. The van der Waals surface area contributed by atoms with Gasteiger partial charge in [-0.1, -0.05) is 20.8 Å². The van der Waals surface area contributed by atoms with Crippen molar-refractivity contribution in [1.82, 2.24) is 0 Å². The number of esters is 1. The number of carbonyl (C=O) groups excluding carboxylic acids is 1. The van der Waals surface area contributed by atoms with E-state index in [0.29, 0.717) is 24.7 Å². The maximum atomic E-state index is 11.4. The summed E-state index contributed by atoms with van der Waals surface area (Å²) < 4.78 is 10.6. The lowest BCUT2D eigenvalue weighted by molar-refractivity contribution is -0.136. The number of ether oxygens (including phenoxy) is 2. The Morgan fingerprint density at radius 2 is 1.83 bits per heavy atom. The summed E-state index contributed by atoms with van der Waals surface area (Å²) in [6.45, 7) is 7.04. The molecule has 0 spiro atoms. The fraction of sp³-hybridized carbons (Fsp3) is 0.800. The summed E-state index contributed by atoms with van der Waals surface area (Å²) in [5, 5.41) is 0. The highest BCUT2D eigenvalue weighted by Gasteiger charge is 2.24. The average Bonchev–Trinajstić information content (AvgIpc) is 2.32. The Morgan fingerprint density at radius 1 is 1.22 bits per heavy atom. The molecular formula is C15H26O3. The molecule has 0 aromatic carbocycles. The van der Waals surface area contributed by atoms with Crippen molar-refractivity contribution in [2.24, 2.45) is 11.8 Å². The molecule has 1 aliphatic carbocycles. The minimum absolute atomic E-state index is 0.244. The van der Waals surface area contributed by atoms with Crippen LogP contribution in [0.15, 0.2) is 11.6 Å². The quantitative estimate of drug-likeness (QED) is 0.557. The lowest BCUT2D eigenvalue weighted by Gasteiger charge is -2.31. The molecule has 0 aromatic heterocycles. The number of carbonyl (C=O) groups is 1. The van der Waals surface area contributed by atoms with Crippen LogP contribution in [0.3, 0.4) is 0 Å². The number of methoxy groups -OCH3 is 1. The van der Waals surface area contributed by atoms with Crippen molar-refractivity contribution < 1.29 is 14.3 Å². The second kappa shape index (κ2) is 7.57. The number of hydrogen-bond acceptors (Lipinski definition) is 3. The van der Waals surface area contributed by atoms with Crippen LogP contribution in [0.5, 0.6) is 0 Å². The Balaban J connectivity index is 2.40. The predicted octanol–water partition coefficient (Wildman–Crippen LogP) is 3.34. The van der Waals surface area contributed by atoms with Crippen LogP contribution in [0.4, 0.5) is 0 Å². The van der Waals surface area contributed by atoms with Gasteiger partial charge in [0.1, 0.15) is 0 Å². The van der Waals surface area contributed by atoms with Crippen LogP contribution in [-0.4, -0.2) is 25.8 Å². The molecular weight excluding hydrogens is 228 g/mol. The second-order valence-corrected chi connectivity index (χ2v) is 5.45. The Kier molecular flexibility index (Phi) is 6.41. The fourth-order valence-corrected chi connectivity index (χ4v) is 2.80. The maximum Gasteiger partial charge on any atom is 0.333 e. The highest BCUT2D eigenvalue weighted by Crippen LogP contribution is 2.30. The van der Waals surface area contributed by atoms with Crippen LogP contribution in [0.25, 0.3) is 0 Å². The summed E-state index contributed by atoms with van der Waals surface area (Å²) in [7, 11) is 1.41. The first-order valence-electron chi connectivity index (χ1n) is 6.95. The fourth-order valence-electron chi connectivity index (χ4n) is 2.80. The summed E-state index contributed by atoms with van der Waals surface area (Å²) in [4.78, 5) is 11.4. The zero-order valence-electron chi connectivity index (χ0n) is 12.1. The molecule has 104 valence electrons. The van der Waals surface area contributed by atoms with Gasteiger partial charge in [-0.05, 0) is 43.6 Å². The van der Waals surface area contributed by atoms with Crippen molar-refractivity contribution in [3.05, 3.63) is 11.6 Å². The highest BCUT2D eigenvalue weighted by atomic mass is 16.5. The van der Waals surface area contributed by atoms with Gasteiger partial charge < -0.3 is 9.47 Å². The minimum atomic E-state index is -0.244. The maximum absolute atomic E-state index is 11.4. The first-order valence-corrected chi connectivity index (χ1v) is 6.95. The highest BCUT2D eigenvalue weighted by molar-refractivity contribution is 5.88. The van der Waals surface area contributed by atoms with Crippen LogP contribution >= 0.6 is 0 Å².